The Kier molecular flexibility index (Phi) is 6.14. The molecule has 0 aromatic carbocycles. The van der Waals surface area contributed by atoms with Crippen LogP contribution in [0.25, 0.3) is 0 Å². The molecule has 5 nitrogen and oxygen atoms in total. The molecule has 0 unspecified atom stereocenters. The summed E-state index contributed by atoms with van der Waals surface area (Å²) >= 11 is 5.44. The molecule has 1 heterocycles. The third-order valence-electron chi connectivity index (χ3n) is 2.22. The number of ether oxygens (including phenoxy) is 1. The van der Waals surface area contributed by atoms with Gasteiger partial charge in [0, 0.05) is 12.4 Å². The maximum atomic E-state index is 11.5. The number of alkyl halides is 1. The van der Waals surface area contributed by atoms with Crippen LogP contribution in [0.5, 0.6) is 0 Å². The van der Waals surface area contributed by atoms with E-state index in [0.717, 1.165) is 5.56 Å². The molecular formula is C12H15ClN2O3. The fourth-order valence-electron chi connectivity index (χ4n) is 1.45. The summed E-state index contributed by atoms with van der Waals surface area (Å²) in [7, 11) is 0. The number of halogens is 1. The fraction of sp³-hybridized carbons (Fsp3) is 0.417. The Balaban J connectivity index is 2.75. The van der Waals surface area contributed by atoms with Gasteiger partial charge in [-0.3, -0.25) is 14.6 Å². The molecule has 6 heteroatoms. The Bertz CT molecular complexity index is 398. The van der Waals surface area contributed by atoms with E-state index in [1.807, 2.05) is 0 Å². The Morgan fingerprint density at radius 1 is 1.56 bits per heavy atom. The van der Waals surface area contributed by atoms with Crippen LogP contribution in [-0.4, -0.2) is 29.3 Å². The minimum atomic E-state index is -0.469. The lowest BCUT2D eigenvalue weighted by Gasteiger charge is -2.17. The molecular weight excluding hydrogens is 256 g/mol. The van der Waals surface area contributed by atoms with Gasteiger partial charge in [0.05, 0.1) is 19.1 Å². The van der Waals surface area contributed by atoms with E-state index in [1.165, 1.54) is 0 Å². The van der Waals surface area contributed by atoms with Crippen molar-refractivity contribution in [2.75, 3.05) is 12.5 Å². The Hall–Kier alpha value is -1.62. The lowest BCUT2D eigenvalue weighted by atomic mass is 10.1. The Morgan fingerprint density at radius 2 is 2.33 bits per heavy atom. The van der Waals surface area contributed by atoms with E-state index < -0.39 is 6.04 Å². The van der Waals surface area contributed by atoms with Gasteiger partial charge in [-0.15, -0.1) is 11.6 Å². The zero-order valence-electron chi connectivity index (χ0n) is 10.1. The van der Waals surface area contributed by atoms with E-state index in [-0.39, 0.29) is 24.2 Å². The van der Waals surface area contributed by atoms with Crippen molar-refractivity contribution < 1.29 is 14.3 Å². The quantitative estimate of drug-likeness (QED) is 0.627. The van der Waals surface area contributed by atoms with Crippen LogP contribution >= 0.6 is 11.6 Å². The second-order valence-electron chi connectivity index (χ2n) is 3.55. The number of pyridine rings is 1. The predicted octanol–water partition coefficient (Wildman–Crippen LogP) is 1.43. The van der Waals surface area contributed by atoms with Crippen LogP contribution in [0, 0.1) is 0 Å². The smallest absolute Gasteiger partial charge is 0.308 e. The van der Waals surface area contributed by atoms with Crippen molar-refractivity contribution in [1.82, 2.24) is 10.3 Å². The molecule has 1 aromatic rings. The first-order valence-electron chi connectivity index (χ1n) is 5.58. The normalized spacial score (nSPS) is 11.7. The van der Waals surface area contributed by atoms with Crippen LogP contribution in [-0.2, 0) is 14.3 Å². The van der Waals surface area contributed by atoms with Gasteiger partial charge >= 0.3 is 5.97 Å². The van der Waals surface area contributed by atoms with Gasteiger partial charge in [0.2, 0.25) is 5.91 Å². The zero-order chi connectivity index (χ0) is 13.4. The Morgan fingerprint density at radius 3 is 2.89 bits per heavy atom. The monoisotopic (exact) mass is 270 g/mol. The predicted molar refractivity (Wildman–Crippen MR) is 67.1 cm³/mol. The topological polar surface area (TPSA) is 68.3 Å². The molecule has 0 spiro atoms. The fourth-order valence-corrected chi connectivity index (χ4v) is 1.53. The molecule has 1 atom stereocenters. The van der Waals surface area contributed by atoms with Crippen LogP contribution < -0.4 is 5.32 Å². The zero-order valence-corrected chi connectivity index (χ0v) is 10.8. The van der Waals surface area contributed by atoms with Gasteiger partial charge < -0.3 is 10.1 Å². The van der Waals surface area contributed by atoms with Gasteiger partial charge in [-0.2, -0.15) is 0 Å². The molecule has 0 bridgehead atoms. The van der Waals surface area contributed by atoms with E-state index in [0.29, 0.717) is 6.61 Å². The molecule has 0 aliphatic rings. The molecule has 18 heavy (non-hydrogen) atoms. The van der Waals surface area contributed by atoms with Crippen molar-refractivity contribution in [3.05, 3.63) is 30.1 Å². The number of esters is 1. The lowest BCUT2D eigenvalue weighted by molar-refractivity contribution is -0.143. The number of nitrogens with zero attached hydrogens (tertiary/aromatic N) is 1. The Labute approximate surface area is 110 Å². The van der Waals surface area contributed by atoms with E-state index in [2.05, 4.69) is 10.3 Å². The summed E-state index contributed by atoms with van der Waals surface area (Å²) in [5, 5.41) is 2.66. The molecule has 0 aliphatic heterocycles. The first kappa shape index (κ1) is 14.4. The summed E-state index contributed by atoms with van der Waals surface area (Å²) < 4.78 is 4.87. The molecule has 0 saturated heterocycles. The lowest BCUT2D eigenvalue weighted by Crippen LogP contribution is -2.31. The van der Waals surface area contributed by atoms with Crippen molar-refractivity contribution >= 4 is 23.5 Å². The average molecular weight is 271 g/mol. The highest BCUT2D eigenvalue weighted by Crippen LogP contribution is 2.16. The van der Waals surface area contributed by atoms with E-state index in [1.54, 1.807) is 31.5 Å². The number of carbonyl (C=O) groups excluding carboxylic acids is 2. The average Bonchev–Trinajstić information content (AvgIpc) is 2.39. The van der Waals surface area contributed by atoms with Crippen LogP contribution in [0.2, 0.25) is 0 Å². The largest absolute Gasteiger partial charge is 0.466 e. The van der Waals surface area contributed by atoms with Crippen molar-refractivity contribution in [3.8, 4) is 0 Å². The number of amides is 1. The second kappa shape index (κ2) is 7.66. The van der Waals surface area contributed by atoms with Crippen LogP contribution in [0.15, 0.2) is 24.5 Å². The van der Waals surface area contributed by atoms with Crippen LogP contribution in [0.4, 0.5) is 0 Å². The highest BCUT2D eigenvalue weighted by Gasteiger charge is 2.18. The summed E-state index contributed by atoms with van der Waals surface area (Å²) in [6.45, 7) is 2.04. The minimum Gasteiger partial charge on any atom is -0.466 e. The minimum absolute atomic E-state index is 0.0577. The number of aromatic nitrogens is 1. The third kappa shape index (κ3) is 4.71. The van der Waals surface area contributed by atoms with E-state index in [9.17, 15) is 9.59 Å². The van der Waals surface area contributed by atoms with Crippen molar-refractivity contribution in [3.63, 3.8) is 0 Å². The SMILES string of the molecule is CCOC(=O)C[C@@H](NC(=O)CCl)c1cccnc1. The molecule has 1 amide bonds. The molecule has 1 N–H and O–H groups in total. The van der Waals surface area contributed by atoms with Gasteiger partial charge in [0.25, 0.3) is 0 Å². The van der Waals surface area contributed by atoms with Crippen LogP contribution in [0.3, 0.4) is 0 Å². The number of carbonyl (C=O) groups is 2. The summed E-state index contributed by atoms with van der Waals surface area (Å²) in [6, 6.07) is 3.05. The van der Waals surface area contributed by atoms with Gasteiger partial charge in [-0.05, 0) is 18.6 Å². The van der Waals surface area contributed by atoms with Crippen molar-refractivity contribution in [2.24, 2.45) is 0 Å². The molecule has 0 radical (unpaired) electrons. The van der Waals surface area contributed by atoms with Crippen molar-refractivity contribution in [1.29, 1.82) is 0 Å². The van der Waals surface area contributed by atoms with Crippen molar-refractivity contribution in [2.45, 2.75) is 19.4 Å². The molecule has 0 fully saturated rings. The number of nitrogens with one attached hydrogen (secondary N) is 1. The number of hydrogen-bond donors (Lipinski definition) is 1. The van der Waals surface area contributed by atoms with Crippen LogP contribution in [0.1, 0.15) is 24.9 Å². The second-order valence-corrected chi connectivity index (χ2v) is 3.82. The van der Waals surface area contributed by atoms with E-state index in [4.69, 9.17) is 16.3 Å². The number of hydrogen-bond acceptors (Lipinski definition) is 4. The molecule has 0 saturated carbocycles. The number of rotatable bonds is 6. The molecule has 0 aliphatic carbocycles. The van der Waals surface area contributed by atoms with Gasteiger partial charge in [0.15, 0.2) is 0 Å². The summed E-state index contributed by atoms with van der Waals surface area (Å²) in [5.74, 6) is -0.865. The maximum absolute atomic E-state index is 11.5. The summed E-state index contributed by atoms with van der Waals surface area (Å²) in [5.41, 5.74) is 0.740. The van der Waals surface area contributed by atoms with Gasteiger partial charge in [-0.25, -0.2) is 0 Å². The first-order valence-corrected chi connectivity index (χ1v) is 6.11. The standard InChI is InChI=1S/C12H15ClN2O3/c1-2-18-12(17)6-10(15-11(16)7-13)9-4-3-5-14-8-9/h3-5,8,10H,2,6-7H2,1H3,(H,15,16)/t10-/m1/s1. The highest BCUT2D eigenvalue weighted by molar-refractivity contribution is 6.27. The summed E-state index contributed by atoms with van der Waals surface area (Å²) in [4.78, 5) is 26.7. The molecule has 1 aromatic heterocycles. The first-order chi connectivity index (χ1) is 8.67. The van der Waals surface area contributed by atoms with Gasteiger partial charge in [-0.1, -0.05) is 6.07 Å². The van der Waals surface area contributed by atoms with E-state index >= 15 is 0 Å². The molecule has 98 valence electrons. The van der Waals surface area contributed by atoms with Gasteiger partial charge in [0.1, 0.15) is 5.88 Å². The third-order valence-corrected chi connectivity index (χ3v) is 2.46. The summed E-state index contributed by atoms with van der Waals surface area (Å²) in [6.07, 6.45) is 3.27. The molecule has 1 rings (SSSR count). The maximum Gasteiger partial charge on any atom is 0.308 e. The highest BCUT2D eigenvalue weighted by atomic mass is 35.5.